The van der Waals surface area contributed by atoms with Crippen LogP contribution in [0.15, 0.2) is 4.52 Å². The van der Waals surface area contributed by atoms with Gasteiger partial charge in [-0.1, -0.05) is 18.5 Å². The fourth-order valence-electron chi connectivity index (χ4n) is 2.43. The molecule has 2 rings (SSSR count). The van der Waals surface area contributed by atoms with Crippen molar-refractivity contribution in [3.05, 3.63) is 11.7 Å². The zero-order valence-corrected chi connectivity index (χ0v) is 11.8. The van der Waals surface area contributed by atoms with Crippen molar-refractivity contribution in [3.8, 4) is 0 Å². The molecule has 2 heterocycles. The Balaban J connectivity index is 0.00000162. The molecule has 1 aromatic heterocycles. The zero-order chi connectivity index (χ0) is 12.1. The third-order valence-electron chi connectivity index (χ3n) is 3.57. The Labute approximate surface area is 115 Å². The normalized spacial score (nSPS) is 21.3. The summed E-state index contributed by atoms with van der Waals surface area (Å²) < 4.78 is 5.02. The van der Waals surface area contributed by atoms with Gasteiger partial charge in [-0.3, -0.25) is 4.90 Å². The Bertz CT molecular complexity index is 345. The van der Waals surface area contributed by atoms with Gasteiger partial charge in [0.25, 0.3) is 0 Å². The Morgan fingerprint density at radius 3 is 2.89 bits per heavy atom. The minimum Gasteiger partial charge on any atom is -0.338 e. The second-order valence-electron chi connectivity index (χ2n) is 4.79. The molecule has 1 fully saturated rings. The van der Waals surface area contributed by atoms with Crippen LogP contribution in [-0.2, 0) is 13.1 Å². The molecule has 0 bridgehead atoms. The molecule has 1 saturated heterocycles. The summed E-state index contributed by atoms with van der Waals surface area (Å²) in [5.74, 6) is 2.19. The topological polar surface area (TPSA) is 68.2 Å². The third-order valence-corrected chi connectivity index (χ3v) is 3.57. The highest BCUT2D eigenvalue weighted by Gasteiger charge is 2.17. The lowest BCUT2D eigenvalue weighted by Gasteiger charge is -2.17. The van der Waals surface area contributed by atoms with Crippen LogP contribution >= 0.6 is 12.4 Å². The van der Waals surface area contributed by atoms with Gasteiger partial charge in [0.15, 0.2) is 5.82 Å². The average Bonchev–Trinajstić information content (AvgIpc) is 2.68. The summed E-state index contributed by atoms with van der Waals surface area (Å²) in [5, 5.41) is 3.94. The standard InChI is InChI=1S/C12H22N4O.ClH/c1-2-10-4-3-6-16(7-5-10)9-11-14-12(8-13)17-15-11;/h10H,2-9,13H2,1H3;1H. The summed E-state index contributed by atoms with van der Waals surface area (Å²) in [6.07, 6.45) is 5.22. The van der Waals surface area contributed by atoms with Gasteiger partial charge in [-0.2, -0.15) is 4.98 Å². The molecule has 0 spiro atoms. The molecular weight excluding hydrogens is 252 g/mol. The first kappa shape index (κ1) is 15.4. The molecule has 104 valence electrons. The van der Waals surface area contributed by atoms with Crippen molar-refractivity contribution in [1.29, 1.82) is 0 Å². The predicted molar refractivity (Wildman–Crippen MR) is 72.3 cm³/mol. The molecule has 18 heavy (non-hydrogen) atoms. The van der Waals surface area contributed by atoms with E-state index in [1.165, 1.54) is 25.7 Å². The molecule has 0 amide bonds. The predicted octanol–water partition coefficient (Wildman–Crippen LogP) is 1.96. The second kappa shape index (κ2) is 7.71. The third kappa shape index (κ3) is 4.23. The monoisotopic (exact) mass is 274 g/mol. The lowest BCUT2D eigenvalue weighted by Crippen LogP contribution is -2.24. The van der Waals surface area contributed by atoms with Gasteiger partial charge in [0.2, 0.25) is 5.89 Å². The molecule has 1 aliphatic rings. The Hall–Kier alpha value is -0.650. The summed E-state index contributed by atoms with van der Waals surface area (Å²) in [5.41, 5.74) is 5.45. The number of nitrogens with zero attached hydrogens (tertiary/aromatic N) is 3. The largest absolute Gasteiger partial charge is 0.338 e. The molecule has 1 aromatic rings. The highest BCUT2D eigenvalue weighted by Crippen LogP contribution is 2.20. The van der Waals surface area contributed by atoms with Gasteiger partial charge in [-0.25, -0.2) is 0 Å². The van der Waals surface area contributed by atoms with E-state index in [0.29, 0.717) is 12.4 Å². The Morgan fingerprint density at radius 2 is 2.22 bits per heavy atom. The van der Waals surface area contributed by atoms with E-state index in [0.717, 1.165) is 31.4 Å². The lowest BCUT2D eigenvalue weighted by molar-refractivity contribution is 0.260. The fraction of sp³-hybridized carbons (Fsp3) is 0.833. The number of halogens is 1. The van der Waals surface area contributed by atoms with Crippen molar-refractivity contribution in [2.45, 2.75) is 45.7 Å². The molecular formula is C12H23ClN4O. The van der Waals surface area contributed by atoms with Crippen LogP contribution in [0.5, 0.6) is 0 Å². The number of hydrogen-bond donors (Lipinski definition) is 1. The van der Waals surface area contributed by atoms with Gasteiger partial charge in [-0.15, -0.1) is 12.4 Å². The van der Waals surface area contributed by atoms with Crippen LogP contribution in [0, 0.1) is 5.92 Å². The molecule has 0 aromatic carbocycles. The number of likely N-dealkylation sites (tertiary alicyclic amines) is 1. The van der Waals surface area contributed by atoms with E-state index in [9.17, 15) is 0 Å². The van der Waals surface area contributed by atoms with Crippen LogP contribution in [0.3, 0.4) is 0 Å². The first-order valence-corrected chi connectivity index (χ1v) is 6.55. The van der Waals surface area contributed by atoms with E-state index in [1.807, 2.05) is 0 Å². The van der Waals surface area contributed by atoms with Crippen molar-refractivity contribution in [3.63, 3.8) is 0 Å². The van der Waals surface area contributed by atoms with Gasteiger partial charge < -0.3 is 10.3 Å². The van der Waals surface area contributed by atoms with Gasteiger partial charge in [-0.05, 0) is 38.3 Å². The summed E-state index contributed by atoms with van der Waals surface area (Å²) in [7, 11) is 0. The number of rotatable bonds is 4. The average molecular weight is 275 g/mol. The van der Waals surface area contributed by atoms with E-state index in [4.69, 9.17) is 10.3 Å². The van der Waals surface area contributed by atoms with Crippen molar-refractivity contribution in [2.24, 2.45) is 11.7 Å². The second-order valence-corrected chi connectivity index (χ2v) is 4.79. The van der Waals surface area contributed by atoms with Crippen LogP contribution in [0.25, 0.3) is 0 Å². The van der Waals surface area contributed by atoms with Crippen molar-refractivity contribution >= 4 is 12.4 Å². The number of hydrogen-bond acceptors (Lipinski definition) is 5. The van der Waals surface area contributed by atoms with Crippen molar-refractivity contribution < 1.29 is 4.52 Å². The maximum Gasteiger partial charge on any atom is 0.240 e. The number of aromatic nitrogens is 2. The minimum atomic E-state index is 0. The molecule has 0 saturated carbocycles. The van der Waals surface area contributed by atoms with Crippen LogP contribution < -0.4 is 5.73 Å². The summed E-state index contributed by atoms with van der Waals surface area (Å²) in [4.78, 5) is 6.67. The lowest BCUT2D eigenvalue weighted by atomic mass is 9.98. The van der Waals surface area contributed by atoms with Crippen molar-refractivity contribution in [1.82, 2.24) is 15.0 Å². The fourth-order valence-corrected chi connectivity index (χ4v) is 2.43. The summed E-state index contributed by atoms with van der Waals surface area (Å²) in [6, 6.07) is 0. The first-order chi connectivity index (χ1) is 8.31. The van der Waals surface area contributed by atoms with Crippen LogP contribution in [0.4, 0.5) is 0 Å². The smallest absolute Gasteiger partial charge is 0.240 e. The van der Waals surface area contributed by atoms with Gasteiger partial charge in [0.05, 0.1) is 13.1 Å². The highest BCUT2D eigenvalue weighted by molar-refractivity contribution is 5.85. The van der Waals surface area contributed by atoms with E-state index in [-0.39, 0.29) is 12.4 Å². The molecule has 1 unspecified atom stereocenters. The van der Waals surface area contributed by atoms with E-state index < -0.39 is 0 Å². The quantitative estimate of drug-likeness (QED) is 0.909. The van der Waals surface area contributed by atoms with Gasteiger partial charge in [0.1, 0.15) is 0 Å². The van der Waals surface area contributed by atoms with E-state index >= 15 is 0 Å². The van der Waals surface area contributed by atoms with Crippen LogP contribution in [0.2, 0.25) is 0 Å². The zero-order valence-electron chi connectivity index (χ0n) is 11.0. The molecule has 1 atom stereocenters. The Morgan fingerprint density at radius 1 is 1.39 bits per heavy atom. The van der Waals surface area contributed by atoms with E-state index in [1.54, 1.807) is 0 Å². The van der Waals surface area contributed by atoms with Crippen LogP contribution in [0.1, 0.15) is 44.3 Å². The summed E-state index contributed by atoms with van der Waals surface area (Å²) in [6.45, 7) is 5.69. The van der Waals surface area contributed by atoms with Gasteiger partial charge >= 0.3 is 0 Å². The van der Waals surface area contributed by atoms with Gasteiger partial charge in [0, 0.05) is 0 Å². The molecule has 1 aliphatic heterocycles. The SMILES string of the molecule is CCC1CCCN(Cc2noc(CN)n2)CC1.Cl. The molecule has 6 heteroatoms. The van der Waals surface area contributed by atoms with E-state index in [2.05, 4.69) is 22.0 Å². The molecule has 0 radical (unpaired) electrons. The molecule has 5 nitrogen and oxygen atoms in total. The minimum absolute atomic E-state index is 0. The maximum absolute atomic E-state index is 5.45. The van der Waals surface area contributed by atoms with Crippen molar-refractivity contribution in [2.75, 3.05) is 13.1 Å². The Kier molecular flexibility index (Phi) is 6.60. The number of nitrogens with two attached hydrogens (primary N) is 1. The van der Waals surface area contributed by atoms with Crippen LogP contribution in [-0.4, -0.2) is 28.1 Å². The summed E-state index contributed by atoms with van der Waals surface area (Å²) >= 11 is 0. The molecule has 2 N–H and O–H groups in total. The highest BCUT2D eigenvalue weighted by atomic mass is 35.5. The molecule has 0 aliphatic carbocycles. The maximum atomic E-state index is 5.45. The first-order valence-electron chi connectivity index (χ1n) is 6.55.